The lowest BCUT2D eigenvalue weighted by molar-refractivity contribution is -0.114. The van der Waals surface area contributed by atoms with Crippen molar-refractivity contribution in [1.82, 2.24) is 14.5 Å². The standard InChI is InChI=1S/C29H50N4O9S2Si2/c1-18(2)45(19(3)4)38-17-23-29(10,41-46(42-45,20(5)6)21(7)8)25(40-28(43)32-13-15-44(36,37)16-14-32)26(39-23)33-12-11-24(30-22(9)34)31-27(33)35/h11-12,18-21,23,25-26H,13-17H2,1-10H3,(H,30,31,34,35)/t23-,25?,26-,29?/m1/s1. The number of hydrogen-bond acceptors (Lipinski definition) is 11. The third-order valence-corrected chi connectivity index (χ3v) is 21.7. The summed E-state index contributed by atoms with van der Waals surface area (Å²) in [5.41, 5.74) is -1.62. The molecule has 1 aromatic rings. The fourth-order valence-electron chi connectivity index (χ4n) is 6.71. The van der Waals surface area contributed by atoms with Crippen molar-refractivity contribution in [3.05, 3.63) is 22.7 Å². The van der Waals surface area contributed by atoms with Crippen LogP contribution in [0.5, 0.6) is 0 Å². The molecule has 3 fully saturated rings. The van der Waals surface area contributed by atoms with E-state index in [1.165, 1.54) is 23.8 Å². The summed E-state index contributed by atoms with van der Waals surface area (Å²) < 4.78 is 60.6. The number of hydrogen-bond donors (Lipinski definition) is 1. The van der Waals surface area contributed by atoms with Gasteiger partial charge < -0.3 is 32.7 Å². The van der Waals surface area contributed by atoms with E-state index in [1.54, 1.807) is 4.90 Å². The van der Waals surface area contributed by atoms with Crippen molar-refractivity contribution in [2.45, 2.75) is 115 Å². The number of carbonyl (C=O) groups excluding carboxylic acids is 1. The van der Waals surface area contributed by atoms with E-state index in [0.717, 1.165) is 0 Å². The summed E-state index contributed by atoms with van der Waals surface area (Å²) >= 11 is 5.76. The molecular weight excluding hydrogens is 669 g/mol. The van der Waals surface area contributed by atoms with Gasteiger partial charge in [-0.05, 0) is 47.4 Å². The maximum absolute atomic E-state index is 13.5. The Morgan fingerprint density at radius 2 is 1.63 bits per heavy atom. The van der Waals surface area contributed by atoms with Crippen molar-refractivity contribution in [2.24, 2.45) is 0 Å². The van der Waals surface area contributed by atoms with Gasteiger partial charge in [0.25, 0.3) is 5.17 Å². The summed E-state index contributed by atoms with van der Waals surface area (Å²) in [6.45, 7) is 20.7. The zero-order chi connectivity index (χ0) is 34.4. The van der Waals surface area contributed by atoms with Crippen LogP contribution in [-0.4, -0.2) is 100 Å². The number of nitrogens with zero attached hydrogens (tertiary/aromatic N) is 3. The van der Waals surface area contributed by atoms with E-state index in [-0.39, 0.29) is 70.3 Å². The topological polar surface area (TPSA) is 148 Å². The summed E-state index contributed by atoms with van der Waals surface area (Å²) in [6.07, 6.45) is -1.21. The summed E-state index contributed by atoms with van der Waals surface area (Å²) in [5, 5.41) is 2.62. The first kappa shape index (κ1) is 37.1. The number of thiocarbonyl (C=S) groups is 1. The largest absolute Gasteiger partial charge is 0.460 e. The Bertz CT molecular complexity index is 1440. The monoisotopic (exact) mass is 718 g/mol. The molecule has 0 radical (unpaired) electrons. The van der Waals surface area contributed by atoms with Gasteiger partial charge in [0.2, 0.25) is 5.91 Å². The van der Waals surface area contributed by atoms with Crippen molar-refractivity contribution in [1.29, 1.82) is 0 Å². The Hall–Kier alpha value is -1.74. The van der Waals surface area contributed by atoms with Crippen LogP contribution in [0.1, 0.15) is 75.5 Å². The number of amides is 1. The van der Waals surface area contributed by atoms with E-state index < -0.39 is 56.7 Å². The van der Waals surface area contributed by atoms with Gasteiger partial charge in [-0.2, -0.15) is 4.98 Å². The van der Waals surface area contributed by atoms with Crippen LogP contribution < -0.4 is 11.0 Å². The predicted molar refractivity (Wildman–Crippen MR) is 183 cm³/mol. The first-order valence-corrected chi connectivity index (χ1v) is 22.2. The van der Waals surface area contributed by atoms with E-state index >= 15 is 0 Å². The van der Waals surface area contributed by atoms with Crippen LogP contribution in [0.4, 0.5) is 5.82 Å². The number of ether oxygens (including phenoxy) is 2. The highest BCUT2D eigenvalue weighted by Gasteiger charge is 2.67. The van der Waals surface area contributed by atoms with Crippen molar-refractivity contribution < 1.29 is 35.7 Å². The van der Waals surface area contributed by atoms with Gasteiger partial charge in [-0.1, -0.05) is 55.4 Å². The number of sulfone groups is 1. The molecule has 3 saturated heterocycles. The molecule has 13 nitrogen and oxygen atoms in total. The predicted octanol–water partition coefficient (Wildman–Crippen LogP) is 3.85. The number of carbonyl (C=O) groups is 1. The summed E-state index contributed by atoms with van der Waals surface area (Å²) in [6, 6.07) is 1.51. The molecule has 4 heterocycles. The first-order chi connectivity index (χ1) is 21.3. The number of nitrogens with one attached hydrogen (secondary N) is 1. The minimum atomic E-state index is -3.17. The Balaban J connectivity index is 1.85. The average Bonchev–Trinajstić information content (AvgIpc) is 3.18. The molecule has 3 aliphatic heterocycles. The Kier molecular flexibility index (Phi) is 11.0. The highest BCUT2D eigenvalue weighted by molar-refractivity contribution is 7.91. The lowest BCUT2D eigenvalue weighted by Crippen LogP contribution is -2.69. The SMILES string of the molecule is CC(=O)Nc1ccn([C@@H]2O[C@@H]3CO[Si](C(C)C)(C(C)C)O[Si](C(C)C)(C(C)C)OC3(C)C2OC(=S)N2CCS(=O)(=O)CC2)c(=O)n1. The minimum Gasteiger partial charge on any atom is -0.460 e. The van der Waals surface area contributed by atoms with Gasteiger partial charge in [0.15, 0.2) is 22.2 Å². The fraction of sp³-hybridized carbons (Fsp3) is 0.793. The van der Waals surface area contributed by atoms with Crippen molar-refractivity contribution >= 4 is 56.1 Å². The van der Waals surface area contributed by atoms with Gasteiger partial charge in [-0.15, -0.1) is 0 Å². The van der Waals surface area contributed by atoms with Gasteiger partial charge in [0.1, 0.15) is 17.5 Å². The van der Waals surface area contributed by atoms with Crippen LogP contribution in [0.15, 0.2) is 17.1 Å². The second kappa shape index (κ2) is 13.6. The van der Waals surface area contributed by atoms with Crippen LogP contribution in [0, 0.1) is 0 Å². The fourth-order valence-corrected chi connectivity index (χ4v) is 19.5. The molecular formula is C29H50N4O9S2Si2. The van der Waals surface area contributed by atoms with E-state index in [9.17, 15) is 18.0 Å². The molecule has 3 aliphatic rings. The zero-order valence-corrected chi connectivity index (χ0v) is 32.2. The average molecular weight is 719 g/mol. The molecule has 1 aromatic heterocycles. The number of anilines is 1. The molecule has 4 rings (SSSR count). The van der Waals surface area contributed by atoms with Crippen LogP contribution in [0.2, 0.25) is 22.2 Å². The van der Waals surface area contributed by atoms with Gasteiger partial charge in [0.05, 0.1) is 18.1 Å². The van der Waals surface area contributed by atoms with E-state index in [4.69, 9.17) is 34.7 Å². The maximum atomic E-state index is 13.5. The van der Waals surface area contributed by atoms with E-state index in [1.807, 2.05) is 6.92 Å². The lowest BCUT2D eigenvalue weighted by atomic mass is 9.94. The van der Waals surface area contributed by atoms with Crippen LogP contribution in [0.25, 0.3) is 0 Å². The van der Waals surface area contributed by atoms with E-state index in [0.29, 0.717) is 0 Å². The number of aromatic nitrogens is 2. The third kappa shape index (κ3) is 7.02. The highest BCUT2D eigenvalue weighted by Crippen LogP contribution is 2.52. The number of rotatable bonds is 7. The van der Waals surface area contributed by atoms with Crippen molar-refractivity contribution in [2.75, 3.05) is 36.5 Å². The smallest absolute Gasteiger partial charge is 0.351 e. The normalized spacial score (nSPS) is 29.0. The minimum absolute atomic E-state index is 0.0105. The molecule has 0 aliphatic carbocycles. The summed E-state index contributed by atoms with van der Waals surface area (Å²) in [4.78, 5) is 30.9. The van der Waals surface area contributed by atoms with Gasteiger partial charge in [0, 0.05) is 26.2 Å². The zero-order valence-electron chi connectivity index (χ0n) is 28.6. The molecule has 2 unspecified atom stereocenters. The second-order valence-electron chi connectivity index (χ2n) is 13.9. The molecule has 46 heavy (non-hydrogen) atoms. The Morgan fingerprint density at radius 3 is 2.13 bits per heavy atom. The third-order valence-electron chi connectivity index (χ3n) is 9.38. The second-order valence-corrected chi connectivity index (χ2v) is 25.4. The first-order valence-electron chi connectivity index (χ1n) is 16.0. The Morgan fingerprint density at radius 1 is 1.07 bits per heavy atom. The molecule has 0 spiro atoms. The van der Waals surface area contributed by atoms with Crippen LogP contribution >= 0.6 is 12.2 Å². The number of fused-ring (bicyclic) bond motifs is 1. The highest BCUT2D eigenvalue weighted by atomic mass is 32.2. The maximum Gasteiger partial charge on any atom is 0.351 e. The molecule has 0 saturated carbocycles. The molecule has 1 amide bonds. The van der Waals surface area contributed by atoms with Gasteiger partial charge >= 0.3 is 22.8 Å². The van der Waals surface area contributed by atoms with Gasteiger partial charge in [-0.25, -0.2) is 13.2 Å². The van der Waals surface area contributed by atoms with Crippen LogP contribution in [0.3, 0.4) is 0 Å². The van der Waals surface area contributed by atoms with Gasteiger partial charge in [-0.3, -0.25) is 9.36 Å². The molecule has 0 bridgehead atoms. The quantitative estimate of drug-likeness (QED) is 0.323. The van der Waals surface area contributed by atoms with Crippen molar-refractivity contribution in [3.63, 3.8) is 0 Å². The molecule has 17 heteroatoms. The lowest BCUT2D eigenvalue weighted by Gasteiger charge is -2.54. The van der Waals surface area contributed by atoms with Crippen molar-refractivity contribution in [3.8, 4) is 0 Å². The molecule has 0 aromatic carbocycles. The Labute approximate surface area is 280 Å². The molecule has 1 N–H and O–H groups in total. The molecule has 4 atom stereocenters. The van der Waals surface area contributed by atoms with E-state index in [2.05, 4.69) is 65.7 Å². The van der Waals surface area contributed by atoms with Crippen LogP contribution in [-0.2, 0) is 37.1 Å². The summed E-state index contributed by atoms with van der Waals surface area (Å²) in [7, 11) is -9.23. The summed E-state index contributed by atoms with van der Waals surface area (Å²) in [5.74, 6) is -0.336. The molecule has 260 valence electrons.